The van der Waals surface area contributed by atoms with Crippen molar-refractivity contribution >= 4 is 0 Å². The third-order valence-electron chi connectivity index (χ3n) is 4.07. The Hall–Kier alpha value is -1.02. The Balaban J connectivity index is 2.10. The molecule has 15 heavy (non-hydrogen) atoms. The summed E-state index contributed by atoms with van der Waals surface area (Å²) in [5.74, 6) is 0.549. The highest BCUT2D eigenvalue weighted by atomic mass is 16.3. The number of phenols is 1. The first-order chi connectivity index (χ1) is 7.27. The molecule has 0 amide bonds. The van der Waals surface area contributed by atoms with Crippen molar-refractivity contribution in [1.82, 2.24) is 0 Å². The molecule has 1 saturated carbocycles. The van der Waals surface area contributed by atoms with Gasteiger partial charge in [-0.3, -0.25) is 0 Å². The zero-order valence-electron chi connectivity index (χ0n) is 8.92. The van der Waals surface area contributed by atoms with Gasteiger partial charge in [0.15, 0.2) is 0 Å². The third kappa shape index (κ3) is 1.21. The summed E-state index contributed by atoms with van der Waals surface area (Å²) in [6.07, 6.45) is 5.61. The second-order valence-corrected chi connectivity index (χ2v) is 4.94. The minimum Gasteiger partial charge on any atom is -0.507 e. The molecule has 1 fully saturated rings. The van der Waals surface area contributed by atoms with E-state index in [0.717, 1.165) is 31.2 Å². The molecule has 0 bridgehead atoms. The molecular weight excluding hydrogens is 186 g/mol. The molecule has 0 heterocycles. The Bertz CT molecular complexity index is 407. The van der Waals surface area contributed by atoms with E-state index < -0.39 is 0 Å². The van der Waals surface area contributed by atoms with Crippen molar-refractivity contribution in [3.63, 3.8) is 0 Å². The maximum Gasteiger partial charge on any atom is 0.122 e. The van der Waals surface area contributed by atoms with Crippen molar-refractivity contribution in [2.45, 2.75) is 37.5 Å². The molecule has 0 saturated heterocycles. The van der Waals surface area contributed by atoms with E-state index >= 15 is 0 Å². The summed E-state index contributed by atoms with van der Waals surface area (Å²) in [5, 5.41) is 10.3. The van der Waals surface area contributed by atoms with E-state index in [2.05, 4.69) is 12.1 Å². The molecule has 2 heteroatoms. The van der Waals surface area contributed by atoms with E-state index in [0.29, 0.717) is 12.3 Å². The lowest BCUT2D eigenvalue weighted by molar-refractivity contribution is 0.453. The summed E-state index contributed by atoms with van der Waals surface area (Å²) in [6, 6.07) is 4.28. The van der Waals surface area contributed by atoms with E-state index in [-0.39, 0.29) is 5.41 Å². The molecule has 0 aromatic heterocycles. The van der Waals surface area contributed by atoms with Crippen LogP contribution in [0, 0.1) is 0 Å². The predicted molar refractivity (Wildman–Crippen MR) is 60.1 cm³/mol. The molecule has 1 aromatic carbocycles. The fourth-order valence-corrected chi connectivity index (χ4v) is 2.81. The number of rotatable bonds is 2. The van der Waals surface area contributed by atoms with E-state index in [1.165, 1.54) is 17.5 Å². The van der Waals surface area contributed by atoms with Gasteiger partial charge >= 0.3 is 0 Å². The average Bonchev–Trinajstić information content (AvgIpc) is 2.89. The summed E-state index contributed by atoms with van der Waals surface area (Å²) in [7, 11) is 0. The van der Waals surface area contributed by atoms with Crippen molar-refractivity contribution in [2.75, 3.05) is 6.54 Å². The molecule has 80 valence electrons. The van der Waals surface area contributed by atoms with Crippen LogP contribution in [0.2, 0.25) is 0 Å². The molecule has 0 radical (unpaired) electrons. The lowest BCUT2D eigenvalue weighted by Gasteiger charge is -2.17. The molecule has 0 atom stereocenters. The summed E-state index contributed by atoms with van der Waals surface area (Å²) >= 11 is 0. The zero-order chi connectivity index (χ0) is 10.5. The molecule has 2 aliphatic carbocycles. The number of aromatic hydroxyl groups is 1. The standard InChI is InChI=1S/C13H17NO/c14-8-13(6-7-13)11-5-4-9-2-1-3-10(9)12(11)15/h4-5,15H,1-3,6-8,14H2. The third-order valence-corrected chi connectivity index (χ3v) is 4.07. The van der Waals surface area contributed by atoms with Gasteiger partial charge in [0.1, 0.15) is 5.75 Å². The second kappa shape index (κ2) is 2.99. The van der Waals surface area contributed by atoms with Crippen LogP contribution in [-0.4, -0.2) is 11.7 Å². The van der Waals surface area contributed by atoms with Crippen LogP contribution < -0.4 is 5.73 Å². The van der Waals surface area contributed by atoms with Crippen LogP contribution in [0.4, 0.5) is 0 Å². The first-order valence-corrected chi connectivity index (χ1v) is 5.81. The van der Waals surface area contributed by atoms with Crippen LogP contribution in [0.15, 0.2) is 12.1 Å². The fourth-order valence-electron chi connectivity index (χ4n) is 2.81. The van der Waals surface area contributed by atoms with Gasteiger partial charge in [0.2, 0.25) is 0 Å². The van der Waals surface area contributed by atoms with E-state index in [1.807, 2.05) is 0 Å². The summed E-state index contributed by atoms with van der Waals surface area (Å²) < 4.78 is 0. The summed E-state index contributed by atoms with van der Waals surface area (Å²) in [4.78, 5) is 0. The Morgan fingerprint density at radius 3 is 2.73 bits per heavy atom. The highest BCUT2D eigenvalue weighted by Crippen LogP contribution is 2.51. The molecule has 2 aliphatic rings. The van der Waals surface area contributed by atoms with Crippen LogP contribution >= 0.6 is 0 Å². The van der Waals surface area contributed by atoms with Crippen LogP contribution in [0.1, 0.15) is 36.0 Å². The number of benzene rings is 1. The molecule has 3 N–H and O–H groups in total. The number of aryl methyl sites for hydroxylation is 1. The number of nitrogens with two attached hydrogens (primary N) is 1. The Kier molecular flexibility index (Phi) is 1.84. The molecule has 1 aromatic rings. The normalized spacial score (nSPS) is 21.4. The quantitative estimate of drug-likeness (QED) is 0.770. The van der Waals surface area contributed by atoms with Gasteiger partial charge in [0, 0.05) is 17.5 Å². The Morgan fingerprint density at radius 2 is 2.07 bits per heavy atom. The maximum atomic E-state index is 10.3. The van der Waals surface area contributed by atoms with Crippen molar-refractivity contribution in [3.8, 4) is 5.75 Å². The number of fused-ring (bicyclic) bond motifs is 1. The van der Waals surface area contributed by atoms with Gasteiger partial charge in [-0.25, -0.2) is 0 Å². The van der Waals surface area contributed by atoms with Crippen molar-refractivity contribution in [3.05, 3.63) is 28.8 Å². The van der Waals surface area contributed by atoms with Gasteiger partial charge in [-0.15, -0.1) is 0 Å². The monoisotopic (exact) mass is 203 g/mol. The smallest absolute Gasteiger partial charge is 0.122 e. The summed E-state index contributed by atoms with van der Waals surface area (Å²) in [6.45, 7) is 0.666. The lowest BCUT2D eigenvalue weighted by Crippen LogP contribution is -2.20. The Labute approximate surface area is 90.1 Å². The van der Waals surface area contributed by atoms with Gasteiger partial charge in [-0.05, 0) is 43.2 Å². The fraction of sp³-hybridized carbons (Fsp3) is 0.538. The zero-order valence-corrected chi connectivity index (χ0v) is 8.92. The lowest BCUT2D eigenvalue weighted by atomic mass is 9.92. The second-order valence-electron chi connectivity index (χ2n) is 4.94. The number of phenolic OH excluding ortho intramolecular Hbond substituents is 1. The van der Waals surface area contributed by atoms with Gasteiger partial charge in [-0.1, -0.05) is 12.1 Å². The highest BCUT2D eigenvalue weighted by Gasteiger charge is 2.45. The van der Waals surface area contributed by atoms with Crippen LogP contribution in [-0.2, 0) is 18.3 Å². The first kappa shape index (κ1) is 9.22. The van der Waals surface area contributed by atoms with E-state index in [4.69, 9.17) is 5.73 Å². The van der Waals surface area contributed by atoms with Gasteiger partial charge in [0.05, 0.1) is 0 Å². The SMILES string of the molecule is NCC1(c2ccc3c(c2O)CCC3)CC1. The highest BCUT2D eigenvalue weighted by molar-refractivity contribution is 5.52. The van der Waals surface area contributed by atoms with Gasteiger partial charge in [0.25, 0.3) is 0 Å². The van der Waals surface area contributed by atoms with Crippen LogP contribution in [0.25, 0.3) is 0 Å². The van der Waals surface area contributed by atoms with Crippen LogP contribution in [0.3, 0.4) is 0 Å². The average molecular weight is 203 g/mol. The largest absolute Gasteiger partial charge is 0.507 e. The molecule has 0 aliphatic heterocycles. The maximum absolute atomic E-state index is 10.3. The number of hydrogen-bond acceptors (Lipinski definition) is 2. The van der Waals surface area contributed by atoms with Crippen LogP contribution in [0.5, 0.6) is 5.75 Å². The van der Waals surface area contributed by atoms with E-state index in [1.54, 1.807) is 0 Å². The molecule has 0 unspecified atom stereocenters. The minimum absolute atomic E-state index is 0.113. The number of hydrogen-bond donors (Lipinski definition) is 2. The molecular formula is C13H17NO. The molecule has 2 nitrogen and oxygen atoms in total. The Morgan fingerprint density at radius 1 is 1.27 bits per heavy atom. The van der Waals surface area contributed by atoms with Crippen molar-refractivity contribution in [2.24, 2.45) is 5.73 Å². The van der Waals surface area contributed by atoms with Crippen molar-refractivity contribution in [1.29, 1.82) is 0 Å². The topological polar surface area (TPSA) is 46.2 Å². The van der Waals surface area contributed by atoms with Crippen molar-refractivity contribution < 1.29 is 5.11 Å². The van der Waals surface area contributed by atoms with E-state index in [9.17, 15) is 5.11 Å². The van der Waals surface area contributed by atoms with Gasteiger partial charge in [-0.2, -0.15) is 0 Å². The predicted octanol–water partition coefficient (Wildman–Crippen LogP) is 1.87. The first-order valence-electron chi connectivity index (χ1n) is 5.81. The minimum atomic E-state index is 0.113. The summed E-state index contributed by atoms with van der Waals surface area (Å²) in [5.41, 5.74) is 9.54. The van der Waals surface area contributed by atoms with Gasteiger partial charge < -0.3 is 10.8 Å². The molecule has 0 spiro atoms. The molecule has 3 rings (SSSR count).